The Hall–Kier alpha value is -1.71. The molecule has 2 aliphatic rings. The summed E-state index contributed by atoms with van der Waals surface area (Å²) >= 11 is 0. The molecule has 0 aromatic carbocycles. The molecular formula is C17H22O4. The van der Waals surface area contributed by atoms with Gasteiger partial charge in [0, 0.05) is 18.8 Å². The number of aldehydes is 1. The second-order valence-corrected chi connectivity index (χ2v) is 6.34. The molecule has 0 radical (unpaired) electrons. The summed E-state index contributed by atoms with van der Waals surface area (Å²) in [7, 11) is 0. The number of carbonyl (C=O) groups excluding carboxylic acids is 3. The van der Waals surface area contributed by atoms with Gasteiger partial charge >= 0.3 is 5.97 Å². The number of ether oxygens (including phenoxy) is 1. The average Bonchev–Trinajstić information content (AvgIpc) is 3.01. The van der Waals surface area contributed by atoms with Crippen molar-refractivity contribution < 1.29 is 19.1 Å². The maximum atomic E-state index is 11.9. The molecule has 0 aliphatic heterocycles. The van der Waals surface area contributed by atoms with E-state index in [1.165, 1.54) is 6.92 Å². The number of Topliss-reactive ketones (excluding diaryl/α,β-unsaturated/α-hetero) is 1. The Morgan fingerprint density at radius 2 is 2.19 bits per heavy atom. The van der Waals surface area contributed by atoms with E-state index in [0.717, 1.165) is 12.7 Å². The van der Waals surface area contributed by atoms with Crippen molar-refractivity contribution in [1.82, 2.24) is 0 Å². The number of hydrogen-bond acceptors (Lipinski definition) is 4. The summed E-state index contributed by atoms with van der Waals surface area (Å²) in [4.78, 5) is 34.1. The Bertz CT molecular complexity index is 517. The first-order valence-electron chi connectivity index (χ1n) is 7.38. The summed E-state index contributed by atoms with van der Waals surface area (Å²) in [5.74, 6) is 0.320. The van der Waals surface area contributed by atoms with E-state index in [2.05, 4.69) is 13.5 Å². The zero-order valence-electron chi connectivity index (χ0n) is 12.7. The van der Waals surface area contributed by atoms with Crippen LogP contribution in [0.4, 0.5) is 0 Å². The van der Waals surface area contributed by atoms with E-state index in [1.807, 2.05) is 6.08 Å². The number of hydrogen-bond donors (Lipinski definition) is 0. The van der Waals surface area contributed by atoms with Gasteiger partial charge in [0.2, 0.25) is 0 Å². The van der Waals surface area contributed by atoms with Crippen molar-refractivity contribution in [3.63, 3.8) is 0 Å². The SMILES string of the molecule is C=C1CC[C@@H]2[C@@H](/C=C(/C=O)CCC1=O)[C@@]2(C)COC(C)=O. The van der Waals surface area contributed by atoms with Gasteiger partial charge in [-0.25, -0.2) is 0 Å². The fourth-order valence-corrected chi connectivity index (χ4v) is 3.29. The van der Waals surface area contributed by atoms with Crippen LogP contribution in [0, 0.1) is 17.3 Å². The maximum absolute atomic E-state index is 11.9. The highest BCUT2D eigenvalue weighted by Crippen LogP contribution is 2.62. The fourth-order valence-electron chi connectivity index (χ4n) is 3.29. The highest BCUT2D eigenvalue weighted by molar-refractivity contribution is 5.95. The highest BCUT2D eigenvalue weighted by Gasteiger charge is 2.60. The molecule has 0 bridgehead atoms. The van der Waals surface area contributed by atoms with Crippen LogP contribution < -0.4 is 0 Å². The van der Waals surface area contributed by atoms with Crippen LogP contribution in [0.2, 0.25) is 0 Å². The molecule has 0 unspecified atom stereocenters. The molecule has 21 heavy (non-hydrogen) atoms. The van der Waals surface area contributed by atoms with E-state index < -0.39 is 0 Å². The minimum Gasteiger partial charge on any atom is -0.465 e. The van der Waals surface area contributed by atoms with Gasteiger partial charge in [0.15, 0.2) is 5.78 Å². The molecule has 1 saturated carbocycles. The first-order chi connectivity index (χ1) is 9.88. The second kappa shape index (κ2) is 5.96. The van der Waals surface area contributed by atoms with E-state index >= 15 is 0 Å². The summed E-state index contributed by atoms with van der Waals surface area (Å²) in [6.07, 6.45) is 5.15. The lowest BCUT2D eigenvalue weighted by atomic mass is 9.97. The predicted octanol–water partition coefficient (Wildman–Crippen LogP) is 2.63. The van der Waals surface area contributed by atoms with E-state index in [9.17, 15) is 14.4 Å². The lowest BCUT2D eigenvalue weighted by Crippen LogP contribution is -2.13. The molecule has 1 fully saturated rings. The Kier molecular flexibility index (Phi) is 4.45. The molecular weight excluding hydrogens is 268 g/mol. The third kappa shape index (κ3) is 3.31. The lowest BCUT2D eigenvalue weighted by molar-refractivity contribution is -0.142. The second-order valence-electron chi connectivity index (χ2n) is 6.34. The number of carbonyl (C=O) groups is 3. The van der Waals surface area contributed by atoms with Crippen LogP contribution in [0.25, 0.3) is 0 Å². The van der Waals surface area contributed by atoms with Gasteiger partial charge in [-0.2, -0.15) is 0 Å². The topological polar surface area (TPSA) is 60.4 Å². The number of allylic oxidation sites excluding steroid dienone is 3. The third-order valence-corrected chi connectivity index (χ3v) is 4.86. The molecule has 2 rings (SSSR count). The summed E-state index contributed by atoms with van der Waals surface area (Å²) in [5, 5.41) is 0. The quantitative estimate of drug-likeness (QED) is 0.455. The van der Waals surface area contributed by atoms with E-state index in [0.29, 0.717) is 42.9 Å². The normalized spacial score (nSPS) is 35.2. The number of fused-ring (bicyclic) bond motifs is 1. The van der Waals surface area contributed by atoms with E-state index in [-0.39, 0.29) is 23.1 Å². The predicted molar refractivity (Wildman–Crippen MR) is 78.5 cm³/mol. The van der Waals surface area contributed by atoms with Crippen molar-refractivity contribution in [3.8, 4) is 0 Å². The van der Waals surface area contributed by atoms with Gasteiger partial charge in [-0.3, -0.25) is 14.4 Å². The Morgan fingerprint density at radius 3 is 2.81 bits per heavy atom. The monoisotopic (exact) mass is 290 g/mol. The van der Waals surface area contributed by atoms with Gasteiger partial charge in [-0.1, -0.05) is 19.6 Å². The molecule has 0 heterocycles. The van der Waals surface area contributed by atoms with Crippen LogP contribution in [0.3, 0.4) is 0 Å². The van der Waals surface area contributed by atoms with Crippen LogP contribution in [0.1, 0.15) is 39.5 Å². The van der Waals surface area contributed by atoms with E-state index in [1.54, 1.807) is 0 Å². The van der Waals surface area contributed by atoms with Crippen LogP contribution in [-0.4, -0.2) is 24.6 Å². The largest absolute Gasteiger partial charge is 0.465 e. The Morgan fingerprint density at radius 1 is 1.48 bits per heavy atom. The standard InChI is InChI=1S/C17H22O4/c1-11-4-6-14-15(17(14,3)10-21-12(2)19)8-13(9-18)5-7-16(11)20/h8-9,14-15H,1,4-7,10H2,2-3H3/b13-8+/t14-,15-,17+/m1/s1. The minimum absolute atomic E-state index is 0.0449. The van der Waals surface area contributed by atoms with Gasteiger partial charge in [-0.15, -0.1) is 0 Å². The van der Waals surface area contributed by atoms with Gasteiger partial charge in [0.05, 0.1) is 6.61 Å². The summed E-state index contributed by atoms with van der Waals surface area (Å²) in [6.45, 7) is 7.69. The number of ketones is 1. The number of esters is 1. The maximum Gasteiger partial charge on any atom is 0.302 e. The molecule has 114 valence electrons. The molecule has 0 aromatic rings. The molecule has 0 spiro atoms. The van der Waals surface area contributed by atoms with Gasteiger partial charge in [-0.05, 0) is 42.2 Å². The summed E-state index contributed by atoms with van der Waals surface area (Å²) in [5.41, 5.74) is 1.18. The smallest absolute Gasteiger partial charge is 0.302 e. The summed E-state index contributed by atoms with van der Waals surface area (Å²) < 4.78 is 5.18. The average molecular weight is 290 g/mol. The summed E-state index contributed by atoms with van der Waals surface area (Å²) in [6, 6.07) is 0. The lowest BCUT2D eigenvalue weighted by Gasteiger charge is -2.11. The van der Waals surface area contributed by atoms with Crippen molar-refractivity contribution in [2.45, 2.75) is 39.5 Å². The van der Waals surface area contributed by atoms with Gasteiger partial charge in [0.25, 0.3) is 0 Å². The first kappa shape index (κ1) is 15.7. The number of rotatable bonds is 3. The van der Waals surface area contributed by atoms with Crippen LogP contribution in [0.15, 0.2) is 23.8 Å². The third-order valence-electron chi connectivity index (χ3n) is 4.86. The van der Waals surface area contributed by atoms with E-state index in [4.69, 9.17) is 4.74 Å². The molecule has 0 N–H and O–H groups in total. The van der Waals surface area contributed by atoms with Crippen LogP contribution in [0.5, 0.6) is 0 Å². The van der Waals surface area contributed by atoms with Crippen molar-refractivity contribution >= 4 is 18.0 Å². The molecule has 2 aliphatic carbocycles. The molecule has 3 atom stereocenters. The van der Waals surface area contributed by atoms with Crippen LogP contribution in [-0.2, 0) is 19.1 Å². The molecule has 0 saturated heterocycles. The molecule has 4 nitrogen and oxygen atoms in total. The van der Waals surface area contributed by atoms with Crippen molar-refractivity contribution in [3.05, 3.63) is 23.8 Å². The van der Waals surface area contributed by atoms with Crippen molar-refractivity contribution in [2.24, 2.45) is 17.3 Å². The highest BCUT2D eigenvalue weighted by atomic mass is 16.5. The van der Waals surface area contributed by atoms with Crippen LogP contribution >= 0.6 is 0 Å². The first-order valence-corrected chi connectivity index (χ1v) is 7.38. The van der Waals surface area contributed by atoms with Crippen molar-refractivity contribution in [2.75, 3.05) is 6.61 Å². The molecule has 0 amide bonds. The molecule has 4 heteroatoms. The Balaban J connectivity index is 2.18. The minimum atomic E-state index is -0.288. The van der Waals surface area contributed by atoms with Gasteiger partial charge in [0.1, 0.15) is 6.29 Å². The fraction of sp³-hybridized carbons (Fsp3) is 0.588. The Labute approximate surface area is 125 Å². The molecule has 0 aromatic heterocycles. The van der Waals surface area contributed by atoms with Crippen molar-refractivity contribution in [1.29, 1.82) is 0 Å². The van der Waals surface area contributed by atoms with Gasteiger partial charge < -0.3 is 4.74 Å². The zero-order chi connectivity index (χ0) is 15.6. The zero-order valence-corrected chi connectivity index (χ0v) is 12.7.